The van der Waals surface area contributed by atoms with Crippen molar-refractivity contribution in [1.82, 2.24) is 0 Å². The molecule has 78 valence electrons. The van der Waals surface area contributed by atoms with Gasteiger partial charge < -0.3 is 15.8 Å². The summed E-state index contributed by atoms with van der Waals surface area (Å²) in [5.41, 5.74) is 5.63. The summed E-state index contributed by atoms with van der Waals surface area (Å²) in [5, 5.41) is 3.08. The van der Waals surface area contributed by atoms with Crippen molar-refractivity contribution in [3.8, 4) is 5.75 Å². The second-order valence-corrected chi connectivity index (χ2v) is 3.09. The number of nitrogens with two attached hydrogens (primary N) is 1. The minimum absolute atomic E-state index is 0.253. The lowest BCUT2D eigenvalue weighted by molar-refractivity contribution is 0.414. The predicted molar refractivity (Wildman–Crippen MR) is 55.5 cm³/mol. The van der Waals surface area contributed by atoms with Gasteiger partial charge in [-0.15, -0.1) is 0 Å². The molecule has 0 fully saturated rings. The monoisotopic (exact) mass is 218 g/mol. The molecule has 5 heteroatoms. The van der Waals surface area contributed by atoms with Gasteiger partial charge in [0.05, 0.1) is 17.8 Å². The van der Waals surface area contributed by atoms with E-state index < -0.39 is 5.82 Å². The molecule has 0 aliphatic carbocycles. The van der Waals surface area contributed by atoms with E-state index in [-0.39, 0.29) is 5.02 Å². The van der Waals surface area contributed by atoms with Crippen LogP contribution in [0.15, 0.2) is 12.1 Å². The van der Waals surface area contributed by atoms with Crippen LogP contribution in [0.25, 0.3) is 0 Å². The zero-order valence-electron chi connectivity index (χ0n) is 7.81. The Morgan fingerprint density at radius 2 is 2.29 bits per heavy atom. The minimum atomic E-state index is -0.413. The third kappa shape index (κ3) is 2.49. The van der Waals surface area contributed by atoms with Crippen molar-refractivity contribution in [1.29, 1.82) is 0 Å². The lowest BCUT2D eigenvalue weighted by Gasteiger charge is -2.09. The Kier molecular flexibility index (Phi) is 3.98. The van der Waals surface area contributed by atoms with E-state index in [1.807, 2.05) is 0 Å². The molecular weight excluding hydrogens is 207 g/mol. The molecule has 0 bridgehead atoms. The van der Waals surface area contributed by atoms with Gasteiger partial charge in [-0.25, -0.2) is 4.39 Å². The zero-order valence-corrected chi connectivity index (χ0v) is 8.57. The zero-order chi connectivity index (χ0) is 10.6. The maximum absolute atomic E-state index is 13.2. The number of halogens is 2. The van der Waals surface area contributed by atoms with Gasteiger partial charge in [0.2, 0.25) is 0 Å². The first-order valence-electron chi connectivity index (χ1n) is 4.16. The fourth-order valence-electron chi connectivity index (χ4n) is 1.03. The van der Waals surface area contributed by atoms with Gasteiger partial charge in [-0.05, 0) is 6.07 Å². The first kappa shape index (κ1) is 11.1. The highest BCUT2D eigenvalue weighted by molar-refractivity contribution is 6.32. The van der Waals surface area contributed by atoms with Crippen molar-refractivity contribution in [3.05, 3.63) is 23.0 Å². The first-order chi connectivity index (χ1) is 6.69. The number of hydrogen-bond donors (Lipinski definition) is 2. The number of methoxy groups -OCH3 is 1. The number of rotatable bonds is 4. The molecule has 0 spiro atoms. The van der Waals surface area contributed by atoms with Crippen molar-refractivity contribution >= 4 is 17.3 Å². The Morgan fingerprint density at radius 1 is 1.57 bits per heavy atom. The summed E-state index contributed by atoms with van der Waals surface area (Å²) < 4.78 is 18.2. The van der Waals surface area contributed by atoms with Gasteiger partial charge in [-0.1, -0.05) is 11.6 Å². The van der Waals surface area contributed by atoms with Crippen LogP contribution < -0.4 is 15.8 Å². The number of anilines is 1. The predicted octanol–water partition coefficient (Wildman–Crippen LogP) is 1.86. The Bertz CT molecular complexity index is 320. The summed E-state index contributed by atoms with van der Waals surface area (Å²) in [5.74, 6) is 0.0249. The molecule has 0 aliphatic rings. The van der Waals surface area contributed by atoms with E-state index in [9.17, 15) is 4.39 Å². The van der Waals surface area contributed by atoms with Gasteiger partial charge in [-0.2, -0.15) is 0 Å². The summed E-state index contributed by atoms with van der Waals surface area (Å²) in [7, 11) is 1.48. The summed E-state index contributed by atoms with van der Waals surface area (Å²) in [6.07, 6.45) is 0. The van der Waals surface area contributed by atoms with Gasteiger partial charge >= 0.3 is 0 Å². The summed E-state index contributed by atoms with van der Waals surface area (Å²) in [6.45, 7) is 0.937. The second kappa shape index (κ2) is 5.02. The fraction of sp³-hybridized carbons (Fsp3) is 0.333. The highest BCUT2D eigenvalue weighted by atomic mass is 35.5. The van der Waals surface area contributed by atoms with Crippen LogP contribution in [-0.4, -0.2) is 20.2 Å². The lowest BCUT2D eigenvalue weighted by Crippen LogP contribution is -2.13. The second-order valence-electron chi connectivity index (χ2n) is 2.68. The van der Waals surface area contributed by atoms with E-state index in [1.165, 1.54) is 19.2 Å². The number of nitrogens with one attached hydrogen (secondary N) is 1. The molecule has 1 aromatic rings. The van der Waals surface area contributed by atoms with Gasteiger partial charge in [0.1, 0.15) is 11.6 Å². The van der Waals surface area contributed by atoms with Gasteiger partial charge in [-0.3, -0.25) is 0 Å². The summed E-state index contributed by atoms with van der Waals surface area (Å²) in [4.78, 5) is 0. The quantitative estimate of drug-likeness (QED) is 0.811. The fourth-order valence-corrected chi connectivity index (χ4v) is 1.26. The molecular formula is C9H12ClFN2O. The molecule has 0 heterocycles. The number of ether oxygens (including phenoxy) is 1. The molecule has 0 atom stereocenters. The average Bonchev–Trinajstić information content (AvgIpc) is 2.17. The van der Waals surface area contributed by atoms with Gasteiger partial charge in [0.25, 0.3) is 0 Å². The molecule has 0 aliphatic heterocycles. The van der Waals surface area contributed by atoms with Crippen LogP contribution in [0.5, 0.6) is 5.75 Å². The van der Waals surface area contributed by atoms with Crippen molar-refractivity contribution in [2.24, 2.45) is 5.73 Å². The lowest BCUT2D eigenvalue weighted by atomic mass is 10.3. The van der Waals surface area contributed by atoms with E-state index in [4.69, 9.17) is 22.1 Å². The molecule has 0 unspecified atom stereocenters. The van der Waals surface area contributed by atoms with E-state index in [1.54, 1.807) is 0 Å². The maximum atomic E-state index is 13.2. The van der Waals surface area contributed by atoms with Gasteiger partial charge in [0.15, 0.2) is 0 Å². The Balaban J connectivity index is 2.92. The molecule has 14 heavy (non-hydrogen) atoms. The Morgan fingerprint density at radius 3 is 2.86 bits per heavy atom. The normalized spacial score (nSPS) is 10.0. The topological polar surface area (TPSA) is 47.3 Å². The van der Waals surface area contributed by atoms with Crippen molar-refractivity contribution in [2.75, 3.05) is 25.5 Å². The number of benzene rings is 1. The largest absolute Gasteiger partial charge is 0.495 e. The summed E-state index contributed by atoms with van der Waals surface area (Å²) >= 11 is 5.72. The molecule has 1 aromatic carbocycles. The molecule has 0 aromatic heterocycles. The molecule has 1 rings (SSSR count). The van der Waals surface area contributed by atoms with E-state index >= 15 is 0 Å². The Labute approximate surface area is 87.0 Å². The number of hydrogen-bond acceptors (Lipinski definition) is 3. The van der Waals surface area contributed by atoms with E-state index in [2.05, 4.69) is 5.32 Å². The Hall–Kier alpha value is -1.00. The van der Waals surface area contributed by atoms with Crippen LogP contribution in [0.2, 0.25) is 5.02 Å². The van der Waals surface area contributed by atoms with Crippen LogP contribution in [-0.2, 0) is 0 Å². The third-order valence-electron chi connectivity index (χ3n) is 1.70. The molecule has 3 N–H and O–H groups in total. The molecule has 0 saturated heterocycles. The molecule has 3 nitrogen and oxygen atoms in total. The average molecular weight is 219 g/mol. The maximum Gasteiger partial charge on any atom is 0.148 e. The smallest absolute Gasteiger partial charge is 0.148 e. The minimum Gasteiger partial charge on any atom is -0.495 e. The third-order valence-corrected chi connectivity index (χ3v) is 2.00. The molecule has 0 radical (unpaired) electrons. The summed E-state index contributed by atoms with van der Waals surface area (Å²) in [6, 6.07) is 2.71. The standard InChI is InChI=1S/C9H12ClFN2O/c1-14-9-5-8(13-3-2-12)7(11)4-6(9)10/h4-5,13H,2-3,12H2,1H3. The SMILES string of the molecule is COc1cc(NCCN)c(F)cc1Cl. The highest BCUT2D eigenvalue weighted by Crippen LogP contribution is 2.29. The van der Waals surface area contributed by atoms with E-state index in [0.717, 1.165) is 0 Å². The van der Waals surface area contributed by atoms with Crippen LogP contribution in [0.3, 0.4) is 0 Å². The van der Waals surface area contributed by atoms with Crippen molar-refractivity contribution in [2.45, 2.75) is 0 Å². The first-order valence-corrected chi connectivity index (χ1v) is 4.53. The van der Waals surface area contributed by atoms with Crippen molar-refractivity contribution in [3.63, 3.8) is 0 Å². The highest BCUT2D eigenvalue weighted by Gasteiger charge is 2.07. The van der Waals surface area contributed by atoms with Crippen molar-refractivity contribution < 1.29 is 9.13 Å². The van der Waals surface area contributed by atoms with Crippen LogP contribution >= 0.6 is 11.6 Å². The molecule has 0 amide bonds. The van der Waals surface area contributed by atoms with Crippen LogP contribution in [0.4, 0.5) is 10.1 Å². The molecule has 0 saturated carbocycles. The van der Waals surface area contributed by atoms with Gasteiger partial charge in [0, 0.05) is 19.2 Å². The van der Waals surface area contributed by atoms with Crippen LogP contribution in [0.1, 0.15) is 0 Å². The van der Waals surface area contributed by atoms with E-state index in [0.29, 0.717) is 24.5 Å². The van der Waals surface area contributed by atoms with Crippen LogP contribution in [0, 0.1) is 5.82 Å².